The van der Waals surface area contributed by atoms with Crippen molar-refractivity contribution in [3.05, 3.63) is 70.6 Å². The lowest BCUT2D eigenvalue weighted by Crippen LogP contribution is -2.40. The monoisotopic (exact) mass is 436 g/mol. The summed E-state index contributed by atoms with van der Waals surface area (Å²) in [7, 11) is 1.70. The van der Waals surface area contributed by atoms with Crippen LogP contribution in [0.15, 0.2) is 59.6 Å². The summed E-state index contributed by atoms with van der Waals surface area (Å²) in [6, 6.07) is 18.4. The molecule has 1 aliphatic rings. The summed E-state index contributed by atoms with van der Waals surface area (Å²) in [5.74, 6) is 0.808. The van der Waals surface area contributed by atoms with Crippen molar-refractivity contribution in [2.75, 3.05) is 20.1 Å². The average molecular weight is 437 g/mol. The third kappa shape index (κ3) is 5.24. The molecule has 162 valence electrons. The maximum atomic E-state index is 12.5. The number of benzene rings is 2. The zero-order valence-electron chi connectivity index (χ0n) is 17.7. The van der Waals surface area contributed by atoms with Crippen LogP contribution in [0, 0.1) is 0 Å². The van der Waals surface area contributed by atoms with Gasteiger partial charge in [-0.2, -0.15) is 0 Å². The Morgan fingerprint density at radius 1 is 1.13 bits per heavy atom. The number of aliphatic imine (C=N–C) groups is 1. The molecule has 1 atom stereocenters. The Balaban J connectivity index is 1.17. The Labute approximate surface area is 186 Å². The highest BCUT2D eigenvalue weighted by molar-refractivity contribution is 7.19. The lowest BCUT2D eigenvalue weighted by molar-refractivity contribution is -0.131. The maximum absolute atomic E-state index is 12.5. The second-order valence-electron chi connectivity index (χ2n) is 7.70. The first-order chi connectivity index (χ1) is 15.1. The molecule has 7 heteroatoms. The maximum Gasteiger partial charge on any atom is 0.223 e. The van der Waals surface area contributed by atoms with E-state index in [1.54, 1.807) is 18.4 Å². The molecule has 31 heavy (non-hydrogen) atoms. The molecule has 1 amide bonds. The molecule has 0 spiro atoms. The number of guanidine groups is 1. The molecule has 0 saturated carbocycles. The largest absolute Gasteiger partial charge is 0.386 e. The minimum atomic E-state index is -0.602. The summed E-state index contributed by atoms with van der Waals surface area (Å²) in [5, 5.41) is 18.1. The van der Waals surface area contributed by atoms with Crippen LogP contribution in [0.25, 0.3) is 10.1 Å². The van der Waals surface area contributed by atoms with Gasteiger partial charge in [0.25, 0.3) is 0 Å². The number of rotatable bonds is 7. The van der Waals surface area contributed by atoms with Gasteiger partial charge in [-0.15, -0.1) is 11.3 Å². The van der Waals surface area contributed by atoms with Crippen molar-refractivity contribution in [1.29, 1.82) is 0 Å². The molecule has 2 heterocycles. The minimum Gasteiger partial charge on any atom is -0.386 e. The Morgan fingerprint density at radius 2 is 1.84 bits per heavy atom. The van der Waals surface area contributed by atoms with Crippen molar-refractivity contribution in [3.63, 3.8) is 0 Å². The SMILES string of the molecule is CN=C(NCCCC(=O)N1Cc2ccccc2C1)NCC(O)c1cc2ccccc2s1. The van der Waals surface area contributed by atoms with Crippen LogP contribution >= 0.6 is 11.3 Å². The Morgan fingerprint density at radius 3 is 2.55 bits per heavy atom. The molecule has 0 aliphatic carbocycles. The van der Waals surface area contributed by atoms with E-state index in [1.165, 1.54) is 15.8 Å². The number of thiophene rings is 1. The summed E-state index contributed by atoms with van der Waals surface area (Å²) in [4.78, 5) is 19.6. The first kappa shape index (κ1) is 21.3. The van der Waals surface area contributed by atoms with Gasteiger partial charge in [0.1, 0.15) is 6.10 Å². The molecule has 4 rings (SSSR count). The van der Waals surface area contributed by atoms with Crippen LogP contribution < -0.4 is 10.6 Å². The van der Waals surface area contributed by atoms with Gasteiger partial charge in [-0.1, -0.05) is 42.5 Å². The van der Waals surface area contributed by atoms with E-state index in [4.69, 9.17) is 0 Å². The van der Waals surface area contributed by atoms with E-state index in [0.29, 0.717) is 38.6 Å². The summed E-state index contributed by atoms with van der Waals surface area (Å²) in [5.41, 5.74) is 2.49. The molecule has 1 aromatic heterocycles. The van der Waals surface area contributed by atoms with Crippen molar-refractivity contribution >= 4 is 33.3 Å². The molecule has 0 fully saturated rings. The van der Waals surface area contributed by atoms with Crippen molar-refractivity contribution in [2.45, 2.75) is 32.0 Å². The van der Waals surface area contributed by atoms with E-state index < -0.39 is 6.10 Å². The van der Waals surface area contributed by atoms with Gasteiger partial charge in [0.15, 0.2) is 5.96 Å². The van der Waals surface area contributed by atoms with Crippen LogP contribution in [-0.4, -0.2) is 42.0 Å². The summed E-state index contributed by atoms with van der Waals surface area (Å²) < 4.78 is 1.17. The first-order valence-electron chi connectivity index (χ1n) is 10.6. The fraction of sp³-hybridized carbons (Fsp3) is 0.333. The van der Waals surface area contributed by atoms with Gasteiger partial charge in [-0.3, -0.25) is 9.79 Å². The minimum absolute atomic E-state index is 0.182. The predicted molar refractivity (Wildman–Crippen MR) is 126 cm³/mol. The number of aliphatic hydroxyl groups is 1. The molecule has 6 nitrogen and oxygen atoms in total. The third-order valence-corrected chi connectivity index (χ3v) is 6.73. The fourth-order valence-corrected chi connectivity index (χ4v) is 4.85. The van der Waals surface area contributed by atoms with Crippen LogP contribution in [0.4, 0.5) is 0 Å². The Kier molecular flexibility index (Phi) is 6.84. The zero-order valence-corrected chi connectivity index (χ0v) is 18.5. The predicted octanol–water partition coefficient (Wildman–Crippen LogP) is 3.42. The number of carbonyl (C=O) groups excluding carboxylic acids is 1. The van der Waals surface area contributed by atoms with Crippen LogP contribution in [0.5, 0.6) is 0 Å². The van der Waals surface area contributed by atoms with E-state index in [2.05, 4.69) is 39.9 Å². The van der Waals surface area contributed by atoms with Crippen molar-refractivity contribution in [1.82, 2.24) is 15.5 Å². The highest BCUT2D eigenvalue weighted by Crippen LogP contribution is 2.29. The molecule has 0 saturated heterocycles. The van der Waals surface area contributed by atoms with Crippen LogP contribution in [0.2, 0.25) is 0 Å². The van der Waals surface area contributed by atoms with Crippen molar-refractivity contribution < 1.29 is 9.90 Å². The summed E-state index contributed by atoms with van der Waals surface area (Å²) in [6.07, 6.45) is 0.627. The molecule has 3 N–H and O–H groups in total. The zero-order chi connectivity index (χ0) is 21.6. The topological polar surface area (TPSA) is 77.0 Å². The summed E-state index contributed by atoms with van der Waals surface area (Å²) in [6.45, 7) is 2.44. The highest BCUT2D eigenvalue weighted by atomic mass is 32.1. The summed E-state index contributed by atoms with van der Waals surface area (Å²) >= 11 is 1.60. The van der Waals surface area contributed by atoms with Gasteiger partial charge in [0, 0.05) is 49.2 Å². The average Bonchev–Trinajstić information content (AvgIpc) is 3.42. The number of hydrogen-bond donors (Lipinski definition) is 3. The molecule has 0 bridgehead atoms. The smallest absolute Gasteiger partial charge is 0.223 e. The van der Waals surface area contributed by atoms with E-state index in [9.17, 15) is 9.90 Å². The molecule has 1 unspecified atom stereocenters. The number of nitrogens with one attached hydrogen (secondary N) is 2. The number of fused-ring (bicyclic) bond motifs is 2. The van der Waals surface area contributed by atoms with Gasteiger partial charge < -0.3 is 20.6 Å². The number of hydrogen-bond acceptors (Lipinski definition) is 4. The number of amides is 1. The van der Waals surface area contributed by atoms with Crippen molar-refractivity contribution in [2.24, 2.45) is 4.99 Å². The quantitative estimate of drug-likeness (QED) is 0.301. The van der Waals surface area contributed by atoms with E-state index in [1.807, 2.05) is 35.2 Å². The van der Waals surface area contributed by atoms with Gasteiger partial charge in [-0.25, -0.2) is 0 Å². The second kappa shape index (κ2) is 9.94. The van der Waals surface area contributed by atoms with Gasteiger partial charge in [-0.05, 0) is 35.1 Å². The van der Waals surface area contributed by atoms with E-state index in [0.717, 1.165) is 16.7 Å². The molecule has 3 aromatic rings. The van der Waals surface area contributed by atoms with Crippen LogP contribution in [0.1, 0.15) is 34.9 Å². The molecular formula is C24H28N4O2S. The lowest BCUT2D eigenvalue weighted by Gasteiger charge is -2.16. The normalized spacial score (nSPS) is 14.5. The fourth-order valence-electron chi connectivity index (χ4n) is 3.80. The molecule has 1 aliphatic heterocycles. The van der Waals surface area contributed by atoms with E-state index >= 15 is 0 Å². The molecule has 0 radical (unpaired) electrons. The van der Waals surface area contributed by atoms with Gasteiger partial charge in [0.2, 0.25) is 5.91 Å². The Bertz CT molecular complexity index is 1020. The van der Waals surface area contributed by atoms with Gasteiger partial charge in [0.05, 0.1) is 0 Å². The lowest BCUT2D eigenvalue weighted by atomic mass is 10.1. The third-order valence-electron chi connectivity index (χ3n) is 5.51. The van der Waals surface area contributed by atoms with Crippen LogP contribution in [0.3, 0.4) is 0 Å². The first-order valence-corrected chi connectivity index (χ1v) is 11.4. The molecule has 2 aromatic carbocycles. The van der Waals surface area contributed by atoms with Crippen LogP contribution in [-0.2, 0) is 17.9 Å². The van der Waals surface area contributed by atoms with Gasteiger partial charge >= 0.3 is 0 Å². The standard InChI is InChI=1S/C24H28N4O2S/c1-25-24(27-14-20(29)22-13-17-7-4-5-10-21(17)31-22)26-12-6-11-23(30)28-15-18-8-2-3-9-19(18)16-28/h2-5,7-10,13,20,29H,6,11-12,14-16H2,1H3,(H2,25,26,27). The van der Waals surface area contributed by atoms with Crippen molar-refractivity contribution in [3.8, 4) is 0 Å². The number of carbonyl (C=O) groups is 1. The Hall–Kier alpha value is -2.90. The molecular weight excluding hydrogens is 408 g/mol. The highest BCUT2D eigenvalue weighted by Gasteiger charge is 2.22. The second-order valence-corrected chi connectivity index (χ2v) is 8.82. The van der Waals surface area contributed by atoms with E-state index in [-0.39, 0.29) is 5.91 Å². The number of aliphatic hydroxyl groups excluding tert-OH is 1. The number of nitrogens with zero attached hydrogens (tertiary/aromatic N) is 2.